The minimum atomic E-state index is -0.848. The smallest absolute Gasteiger partial charge is 0.305 e. The first-order valence-electron chi connectivity index (χ1n) is 29.6. The molecule has 390 valence electrons. The predicted molar refractivity (Wildman–Crippen MR) is 287 cm³/mol. The van der Waals surface area contributed by atoms with Crippen molar-refractivity contribution >= 4 is 11.9 Å². The molecule has 0 saturated carbocycles. The van der Waals surface area contributed by atoms with E-state index in [1.165, 1.54) is 250 Å². The summed E-state index contributed by atoms with van der Waals surface area (Å²) in [5.41, 5.74) is 0. The van der Waals surface area contributed by atoms with Gasteiger partial charge in [0.25, 0.3) is 0 Å². The highest BCUT2D eigenvalue weighted by molar-refractivity contribution is 5.76. The highest BCUT2D eigenvalue weighted by Gasteiger charge is 2.18. The Morgan fingerprint density at radius 1 is 0.409 bits per heavy atom. The summed E-state index contributed by atoms with van der Waals surface area (Å²) in [6.07, 6.45) is 67.7. The Bertz CT molecular complexity index is 1030. The molecule has 0 aliphatic carbocycles. The molecule has 0 heterocycles. The summed E-state index contributed by atoms with van der Waals surface area (Å²) < 4.78 is 5.48. The second-order valence-corrected chi connectivity index (χ2v) is 20.3. The van der Waals surface area contributed by atoms with Crippen LogP contribution in [0.2, 0.25) is 0 Å². The fraction of sp³-hybridized carbons (Fsp3) is 0.900. The van der Waals surface area contributed by atoms with Crippen LogP contribution < -0.4 is 5.32 Å². The minimum absolute atomic E-state index is 0.00994. The second kappa shape index (κ2) is 55.9. The first-order valence-corrected chi connectivity index (χ1v) is 29.6. The topological polar surface area (TPSA) is 95.9 Å². The lowest BCUT2D eigenvalue weighted by Gasteiger charge is -2.20. The van der Waals surface area contributed by atoms with Crippen LogP contribution in [0.3, 0.4) is 0 Å². The fourth-order valence-electron chi connectivity index (χ4n) is 9.16. The summed E-state index contributed by atoms with van der Waals surface area (Å²) in [4.78, 5) is 24.5. The van der Waals surface area contributed by atoms with E-state index in [9.17, 15) is 19.8 Å². The van der Waals surface area contributed by atoms with Gasteiger partial charge in [0.1, 0.15) is 0 Å². The highest BCUT2D eigenvalue weighted by Crippen LogP contribution is 2.17. The number of rotatable bonds is 55. The number of hydrogen-bond donors (Lipinski definition) is 3. The van der Waals surface area contributed by atoms with Crippen LogP contribution in [0.5, 0.6) is 0 Å². The van der Waals surface area contributed by atoms with Crippen molar-refractivity contribution in [1.29, 1.82) is 0 Å². The SMILES string of the molecule is CCCCCCCCCCCCCC/C=C/C(O)C(CO)NC(=O)CCCCCCCCC/C=C\CCCCCCCCCCCCOC(=O)CCCCCCCCCCCCCCCC. The standard InChI is InChI=1S/C60H115NO5/c1-3-5-7-9-11-13-15-17-28-32-36-40-44-48-52-58(63)57(56-62)61-59(64)53-49-45-41-37-33-29-26-24-22-20-19-21-23-25-27-31-35-39-43-47-51-55-66-60(65)54-50-46-42-38-34-30-18-16-14-12-10-8-6-4-2/h20,22,48,52,57-58,62-63H,3-19,21,23-47,49-51,53-56H2,1-2H3,(H,61,64)/b22-20-,52-48+. The molecule has 0 aromatic rings. The average molecular weight is 931 g/mol. The van der Waals surface area contributed by atoms with Gasteiger partial charge in [-0.15, -0.1) is 0 Å². The molecule has 0 fully saturated rings. The van der Waals surface area contributed by atoms with Crippen molar-refractivity contribution in [2.75, 3.05) is 13.2 Å². The fourth-order valence-corrected chi connectivity index (χ4v) is 9.16. The summed E-state index contributed by atoms with van der Waals surface area (Å²) >= 11 is 0. The van der Waals surface area contributed by atoms with Crippen molar-refractivity contribution in [3.05, 3.63) is 24.3 Å². The number of aliphatic hydroxyl groups excluding tert-OH is 2. The van der Waals surface area contributed by atoms with Gasteiger partial charge < -0.3 is 20.3 Å². The van der Waals surface area contributed by atoms with Crippen molar-refractivity contribution in [1.82, 2.24) is 5.32 Å². The van der Waals surface area contributed by atoms with E-state index in [1.807, 2.05) is 6.08 Å². The molecule has 0 aliphatic rings. The monoisotopic (exact) mass is 930 g/mol. The summed E-state index contributed by atoms with van der Waals surface area (Å²) in [6, 6.07) is -0.632. The Balaban J connectivity index is 3.43. The van der Waals surface area contributed by atoms with E-state index in [0.29, 0.717) is 19.4 Å². The maximum Gasteiger partial charge on any atom is 0.305 e. The van der Waals surface area contributed by atoms with Gasteiger partial charge in [-0.2, -0.15) is 0 Å². The first kappa shape index (κ1) is 64.3. The number of allylic oxidation sites excluding steroid dienone is 3. The average Bonchev–Trinajstić information content (AvgIpc) is 3.32. The summed E-state index contributed by atoms with van der Waals surface area (Å²) in [5.74, 6) is -0.0649. The minimum Gasteiger partial charge on any atom is -0.466 e. The van der Waals surface area contributed by atoms with Crippen LogP contribution in [0.15, 0.2) is 24.3 Å². The number of ether oxygens (including phenoxy) is 1. The molecule has 3 N–H and O–H groups in total. The van der Waals surface area contributed by atoms with Gasteiger partial charge in [-0.05, 0) is 57.8 Å². The van der Waals surface area contributed by atoms with Gasteiger partial charge in [0.2, 0.25) is 5.91 Å². The van der Waals surface area contributed by atoms with E-state index in [1.54, 1.807) is 6.08 Å². The zero-order valence-electron chi connectivity index (χ0n) is 44.4. The number of amides is 1. The number of carbonyl (C=O) groups is 2. The molecule has 6 nitrogen and oxygen atoms in total. The third-order valence-electron chi connectivity index (χ3n) is 13.7. The predicted octanol–water partition coefficient (Wildman–Crippen LogP) is 18.2. The number of aliphatic hydroxyl groups is 2. The van der Waals surface area contributed by atoms with E-state index in [-0.39, 0.29) is 18.5 Å². The number of nitrogens with one attached hydrogen (secondary N) is 1. The lowest BCUT2D eigenvalue weighted by atomic mass is 10.0. The lowest BCUT2D eigenvalue weighted by Crippen LogP contribution is -2.45. The molecule has 0 aromatic heterocycles. The van der Waals surface area contributed by atoms with Crippen molar-refractivity contribution in [2.24, 2.45) is 0 Å². The Kier molecular flexibility index (Phi) is 54.5. The summed E-state index contributed by atoms with van der Waals surface area (Å²) in [7, 11) is 0. The van der Waals surface area contributed by atoms with E-state index in [2.05, 4.69) is 31.3 Å². The molecule has 66 heavy (non-hydrogen) atoms. The Hall–Kier alpha value is -1.66. The highest BCUT2D eigenvalue weighted by atomic mass is 16.5. The molecule has 1 amide bonds. The molecule has 0 aliphatic heterocycles. The molecule has 0 rings (SSSR count). The van der Waals surface area contributed by atoms with Gasteiger partial charge in [-0.1, -0.05) is 276 Å². The van der Waals surface area contributed by atoms with Gasteiger partial charge in [-0.25, -0.2) is 0 Å². The molecule has 0 bridgehead atoms. The van der Waals surface area contributed by atoms with Crippen LogP contribution in [0, 0.1) is 0 Å². The van der Waals surface area contributed by atoms with Crippen LogP contribution in [0.1, 0.15) is 322 Å². The maximum atomic E-state index is 12.4. The van der Waals surface area contributed by atoms with Crippen LogP contribution in [0.4, 0.5) is 0 Å². The summed E-state index contributed by atoms with van der Waals surface area (Å²) in [6.45, 7) is 4.91. The molecule has 0 saturated heterocycles. The molecule has 0 radical (unpaired) electrons. The van der Waals surface area contributed by atoms with E-state index < -0.39 is 12.1 Å². The maximum absolute atomic E-state index is 12.4. The van der Waals surface area contributed by atoms with Crippen molar-refractivity contribution in [2.45, 2.75) is 334 Å². The molecular weight excluding hydrogens is 815 g/mol. The summed E-state index contributed by atoms with van der Waals surface area (Å²) in [5, 5.41) is 23.1. The lowest BCUT2D eigenvalue weighted by molar-refractivity contribution is -0.143. The number of carbonyl (C=O) groups excluding carboxylic acids is 2. The van der Waals surface area contributed by atoms with E-state index >= 15 is 0 Å². The molecule has 2 unspecified atom stereocenters. The zero-order valence-corrected chi connectivity index (χ0v) is 44.4. The largest absolute Gasteiger partial charge is 0.466 e. The van der Waals surface area contributed by atoms with Crippen molar-refractivity contribution in [3.63, 3.8) is 0 Å². The first-order chi connectivity index (χ1) is 32.5. The van der Waals surface area contributed by atoms with Crippen LogP contribution in [0.25, 0.3) is 0 Å². The quantitative estimate of drug-likeness (QED) is 0.0321. The van der Waals surface area contributed by atoms with Crippen LogP contribution in [-0.4, -0.2) is 47.4 Å². The van der Waals surface area contributed by atoms with Gasteiger partial charge in [0.05, 0.1) is 25.4 Å². The van der Waals surface area contributed by atoms with E-state index in [4.69, 9.17) is 4.74 Å². The number of unbranched alkanes of at least 4 members (excludes halogenated alkanes) is 42. The Labute approximate surface area is 411 Å². The van der Waals surface area contributed by atoms with Crippen LogP contribution in [-0.2, 0) is 14.3 Å². The zero-order chi connectivity index (χ0) is 47.9. The molecule has 6 heteroatoms. The number of esters is 1. The van der Waals surface area contributed by atoms with Gasteiger partial charge in [-0.3, -0.25) is 9.59 Å². The second-order valence-electron chi connectivity index (χ2n) is 20.3. The molecular formula is C60H115NO5. The molecule has 0 spiro atoms. The Morgan fingerprint density at radius 3 is 1.08 bits per heavy atom. The molecule has 2 atom stereocenters. The number of hydrogen-bond acceptors (Lipinski definition) is 5. The third kappa shape index (κ3) is 51.7. The van der Waals surface area contributed by atoms with Gasteiger partial charge >= 0.3 is 5.97 Å². The normalized spacial score (nSPS) is 12.7. The Morgan fingerprint density at radius 2 is 0.712 bits per heavy atom. The van der Waals surface area contributed by atoms with Gasteiger partial charge in [0.15, 0.2) is 0 Å². The van der Waals surface area contributed by atoms with Crippen LogP contribution >= 0.6 is 0 Å². The third-order valence-corrected chi connectivity index (χ3v) is 13.7. The van der Waals surface area contributed by atoms with E-state index in [0.717, 1.165) is 44.9 Å². The van der Waals surface area contributed by atoms with Crippen molar-refractivity contribution in [3.8, 4) is 0 Å². The molecule has 0 aromatic carbocycles. The van der Waals surface area contributed by atoms with Gasteiger partial charge in [0, 0.05) is 12.8 Å². The van der Waals surface area contributed by atoms with Crippen molar-refractivity contribution < 1.29 is 24.5 Å².